The molecule has 0 saturated heterocycles. The average Bonchev–Trinajstić information content (AvgIpc) is 2.35. The smallest absolute Gasteiger partial charge is 0.131 e. The minimum atomic E-state index is -0.283. The maximum atomic E-state index is 14.0. The van der Waals surface area contributed by atoms with Crippen LogP contribution in [0.25, 0.3) is 11.1 Å². The molecule has 0 aromatic heterocycles. The van der Waals surface area contributed by atoms with E-state index in [1.807, 2.05) is 31.2 Å². The number of rotatable bonds is 3. The molecule has 2 nitrogen and oxygen atoms in total. The Morgan fingerprint density at radius 2 is 1.89 bits per heavy atom. The van der Waals surface area contributed by atoms with Crippen molar-refractivity contribution in [2.45, 2.75) is 13.8 Å². The number of para-hydroxylation sites is 1. The second-order valence-electron chi connectivity index (χ2n) is 4.12. The summed E-state index contributed by atoms with van der Waals surface area (Å²) in [5.41, 5.74) is 8.37. The third-order valence-electron chi connectivity index (χ3n) is 2.83. The van der Waals surface area contributed by atoms with E-state index in [0.29, 0.717) is 23.6 Å². The van der Waals surface area contributed by atoms with Crippen LogP contribution in [0.3, 0.4) is 0 Å². The topological polar surface area (TPSA) is 35.2 Å². The first kappa shape index (κ1) is 12.4. The molecule has 2 aromatic carbocycles. The van der Waals surface area contributed by atoms with E-state index in [2.05, 4.69) is 0 Å². The van der Waals surface area contributed by atoms with E-state index in [-0.39, 0.29) is 5.82 Å². The number of aryl methyl sites for hydroxylation is 1. The predicted octanol–water partition coefficient (Wildman–Crippen LogP) is 3.78. The van der Waals surface area contributed by atoms with Crippen molar-refractivity contribution in [3.63, 3.8) is 0 Å². The molecule has 94 valence electrons. The number of ether oxygens (including phenoxy) is 1. The summed E-state index contributed by atoms with van der Waals surface area (Å²) in [6.07, 6.45) is 0. The lowest BCUT2D eigenvalue weighted by atomic mass is 10.0. The fraction of sp³-hybridized carbons (Fsp3) is 0.200. The number of benzene rings is 2. The van der Waals surface area contributed by atoms with Crippen molar-refractivity contribution in [1.82, 2.24) is 0 Å². The fourth-order valence-electron chi connectivity index (χ4n) is 1.87. The lowest BCUT2D eigenvalue weighted by Crippen LogP contribution is -1.97. The van der Waals surface area contributed by atoms with Gasteiger partial charge >= 0.3 is 0 Å². The van der Waals surface area contributed by atoms with Gasteiger partial charge in [0.05, 0.1) is 6.61 Å². The van der Waals surface area contributed by atoms with E-state index in [1.165, 1.54) is 6.07 Å². The van der Waals surface area contributed by atoms with Gasteiger partial charge in [0, 0.05) is 16.8 Å². The normalized spacial score (nSPS) is 10.4. The standard InChI is InChI=1S/C15H16FNO/c1-3-18-15-7-5-4-6-11(15)12-9-14(17)10(2)8-13(12)16/h4-9H,3,17H2,1-2H3. The fourth-order valence-corrected chi connectivity index (χ4v) is 1.87. The highest BCUT2D eigenvalue weighted by molar-refractivity contribution is 5.74. The van der Waals surface area contributed by atoms with Crippen LogP contribution in [0.4, 0.5) is 10.1 Å². The van der Waals surface area contributed by atoms with Gasteiger partial charge in [0.2, 0.25) is 0 Å². The number of nitrogens with two attached hydrogens (primary N) is 1. The second kappa shape index (κ2) is 5.08. The zero-order valence-electron chi connectivity index (χ0n) is 10.5. The molecule has 0 unspecified atom stereocenters. The molecular weight excluding hydrogens is 229 g/mol. The predicted molar refractivity (Wildman–Crippen MR) is 72.2 cm³/mol. The lowest BCUT2D eigenvalue weighted by Gasteiger charge is -2.12. The summed E-state index contributed by atoms with van der Waals surface area (Å²) < 4.78 is 19.5. The van der Waals surface area contributed by atoms with Crippen molar-refractivity contribution < 1.29 is 9.13 Å². The summed E-state index contributed by atoms with van der Waals surface area (Å²) in [4.78, 5) is 0. The van der Waals surface area contributed by atoms with Crippen LogP contribution < -0.4 is 10.5 Å². The molecule has 0 amide bonds. The van der Waals surface area contributed by atoms with E-state index in [9.17, 15) is 4.39 Å². The first-order valence-corrected chi connectivity index (χ1v) is 5.91. The molecule has 3 heteroatoms. The molecule has 0 saturated carbocycles. The largest absolute Gasteiger partial charge is 0.493 e. The minimum absolute atomic E-state index is 0.283. The van der Waals surface area contributed by atoms with Crippen LogP contribution in [0, 0.1) is 12.7 Å². The van der Waals surface area contributed by atoms with E-state index in [0.717, 1.165) is 11.1 Å². The van der Waals surface area contributed by atoms with Gasteiger partial charge in [-0.2, -0.15) is 0 Å². The maximum Gasteiger partial charge on any atom is 0.131 e. The molecule has 0 bridgehead atoms. The van der Waals surface area contributed by atoms with Crippen LogP contribution in [0.5, 0.6) is 5.75 Å². The molecule has 0 heterocycles. The highest BCUT2D eigenvalue weighted by Gasteiger charge is 2.12. The molecule has 2 N–H and O–H groups in total. The monoisotopic (exact) mass is 245 g/mol. The molecule has 2 rings (SSSR count). The van der Waals surface area contributed by atoms with Crippen LogP contribution >= 0.6 is 0 Å². The van der Waals surface area contributed by atoms with Gasteiger partial charge in [-0.1, -0.05) is 18.2 Å². The van der Waals surface area contributed by atoms with Gasteiger partial charge in [-0.3, -0.25) is 0 Å². The molecule has 18 heavy (non-hydrogen) atoms. The molecule has 0 aliphatic rings. The zero-order chi connectivity index (χ0) is 13.1. The Morgan fingerprint density at radius 1 is 1.17 bits per heavy atom. The Bertz CT molecular complexity index is 566. The van der Waals surface area contributed by atoms with Crippen molar-refractivity contribution in [1.29, 1.82) is 0 Å². The second-order valence-corrected chi connectivity index (χ2v) is 4.12. The Morgan fingerprint density at radius 3 is 2.61 bits per heavy atom. The van der Waals surface area contributed by atoms with Gasteiger partial charge in [-0.15, -0.1) is 0 Å². The number of nitrogen functional groups attached to an aromatic ring is 1. The third-order valence-corrected chi connectivity index (χ3v) is 2.83. The SMILES string of the molecule is CCOc1ccccc1-c1cc(N)c(C)cc1F. The minimum Gasteiger partial charge on any atom is -0.493 e. The molecule has 0 spiro atoms. The van der Waals surface area contributed by atoms with Gasteiger partial charge in [-0.25, -0.2) is 4.39 Å². The quantitative estimate of drug-likeness (QED) is 0.835. The molecule has 0 aliphatic carbocycles. The molecule has 0 radical (unpaired) electrons. The summed E-state index contributed by atoms with van der Waals surface area (Å²) >= 11 is 0. The molecule has 0 atom stereocenters. The van der Waals surface area contributed by atoms with Crippen molar-refractivity contribution in [2.75, 3.05) is 12.3 Å². The van der Waals surface area contributed by atoms with Crippen molar-refractivity contribution >= 4 is 5.69 Å². The number of hydrogen-bond donors (Lipinski definition) is 1. The summed E-state index contributed by atoms with van der Waals surface area (Å²) in [5.74, 6) is 0.385. The number of anilines is 1. The first-order valence-electron chi connectivity index (χ1n) is 5.91. The van der Waals surface area contributed by atoms with E-state index in [1.54, 1.807) is 13.0 Å². The Hall–Kier alpha value is -2.03. The van der Waals surface area contributed by atoms with Crippen molar-refractivity contribution in [3.8, 4) is 16.9 Å². The highest BCUT2D eigenvalue weighted by Crippen LogP contribution is 2.33. The van der Waals surface area contributed by atoms with Gasteiger partial charge in [0.15, 0.2) is 0 Å². The highest BCUT2D eigenvalue weighted by atomic mass is 19.1. The van der Waals surface area contributed by atoms with Crippen LogP contribution in [0.2, 0.25) is 0 Å². The summed E-state index contributed by atoms with van der Waals surface area (Å²) in [5, 5.41) is 0. The zero-order valence-corrected chi connectivity index (χ0v) is 10.5. The summed E-state index contributed by atoms with van der Waals surface area (Å²) in [6.45, 7) is 4.23. The van der Waals surface area contributed by atoms with Gasteiger partial charge < -0.3 is 10.5 Å². The van der Waals surface area contributed by atoms with Gasteiger partial charge in [-0.05, 0) is 37.6 Å². The van der Waals surface area contributed by atoms with Crippen molar-refractivity contribution in [3.05, 3.63) is 47.8 Å². The Labute approximate surface area is 106 Å². The summed E-state index contributed by atoms with van der Waals surface area (Å²) in [7, 11) is 0. The summed E-state index contributed by atoms with van der Waals surface area (Å²) in [6, 6.07) is 10.5. The van der Waals surface area contributed by atoms with Gasteiger partial charge in [0.25, 0.3) is 0 Å². The third kappa shape index (κ3) is 2.30. The average molecular weight is 245 g/mol. The van der Waals surface area contributed by atoms with Crippen LogP contribution in [-0.4, -0.2) is 6.61 Å². The number of halogens is 1. The lowest BCUT2D eigenvalue weighted by molar-refractivity contribution is 0.341. The first-order chi connectivity index (χ1) is 8.63. The molecular formula is C15H16FNO. The van der Waals surface area contributed by atoms with E-state index >= 15 is 0 Å². The Kier molecular flexibility index (Phi) is 3.51. The van der Waals surface area contributed by atoms with Crippen LogP contribution in [0.15, 0.2) is 36.4 Å². The van der Waals surface area contributed by atoms with Crippen LogP contribution in [-0.2, 0) is 0 Å². The molecule has 0 fully saturated rings. The van der Waals surface area contributed by atoms with Crippen LogP contribution in [0.1, 0.15) is 12.5 Å². The van der Waals surface area contributed by atoms with Crippen molar-refractivity contribution in [2.24, 2.45) is 0 Å². The molecule has 2 aromatic rings. The molecule has 0 aliphatic heterocycles. The van der Waals surface area contributed by atoms with Gasteiger partial charge in [0.1, 0.15) is 11.6 Å². The Balaban J connectivity index is 2.58. The maximum absolute atomic E-state index is 14.0. The van der Waals surface area contributed by atoms with E-state index in [4.69, 9.17) is 10.5 Å². The van der Waals surface area contributed by atoms with E-state index < -0.39 is 0 Å². The number of hydrogen-bond acceptors (Lipinski definition) is 2.